The van der Waals surface area contributed by atoms with E-state index in [-0.39, 0.29) is 0 Å². The van der Waals surface area contributed by atoms with Crippen molar-refractivity contribution in [3.63, 3.8) is 0 Å². The molecule has 0 radical (unpaired) electrons. The Kier molecular flexibility index (Phi) is 7.13. The van der Waals surface area contributed by atoms with Gasteiger partial charge in [-0.3, -0.25) is 4.55 Å². The monoisotopic (exact) mass is 245 g/mol. The summed E-state index contributed by atoms with van der Waals surface area (Å²) in [5.74, 6) is 0. The molecule has 9 heteroatoms. The van der Waals surface area contributed by atoms with Gasteiger partial charge in [0.05, 0.1) is 12.7 Å². The van der Waals surface area contributed by atoms with E-state index in [0.29, 0.717) is 0 Å². The summed E-state index contributed by atoms with van der Waals surface area (Å²) in [5.41, 5.74) is 0. The van der Waals surface area contributed by atoms with Crippen LogP contribution in [-0.4, -0.2) is 71.9 Å². The van der Waals surface area contributed by atoms with E-state index in [1.807, 2.05) is 4.72 Å². The van der Waals surface area contributed by atoms with Crippen LogP contribution in [0.5, 0.6) is 0 Å². The second-order valence-corrected chi connectivity index (χ2v) is 3.68. The van der Waals surface area contributed by atoms with Crippen molar-refractivity contribution in [3.05, 3.63) is 0 Å². The zero-order chi connectivity index (χ0) is 12.0. The third kappa shape index (κ3) is 5.49. The van der Waals surface area contributed by atoms with Crippen LogP contribution in [0.4, 0.5) is 0 Å². The number of hydrogen-bond donors (Lipinski definition) is 7. The molecule has 0 aliphatic heterocycles. The summed E-state index contributed by atoms with van der Waals surface area (Å²) < 4.78 is 20.3. The first kappa shape index (κ1) is 14.9. The molecular weight excluding hydrogens is 230 g/mol. The predicted octanol–water partition coefficient (Wildman–Crippen LogP) is -3.85. The fourth-order valence-electron chi connectivity index (χ4n) is 0.841. The first-order valence-corrected chi connectivity index (χ1v) is 5.18. The second kappa shape index (κ2) is 7.19. The van der Waals surface area contributed by atoms with Crippen LogP contribution >= 0.6 is 0 Å². The van der Waals surface area contributed by atoms with Gasteiger partial charge in [-0.15, -0.1) is 0 Å². The molecule has 0 aromatic carbocycles. The first-order chi connectivity index (χ1) is 6.90. The molecule has 0 amide bonds. The van der Waals surface area contributed by atoms with Gasteiger partial charge in [0, 0.05) is 6.54 Å². The molecule has 5 unspecified atom stereocenters. The van der Waals surface area contributed by atoms with Gasteiger partial charge < -0.3 is 25.5 Å². The van der Waals surface area contributed by atoms with E-state index in [9.17, 15) is 14.4 Å². The van der Waals surface area contributed by atoms with E-state index in [0.717, 1.165) is 0 Å². The molecule has 0 spiro atoms. The van der Waals surface area contributed by atoms with Crippen LogP contribution in [0.2, 0.25) is 0 Å². The highest BCUT2D eigenvalue weighted by molar-refractivity contribution is 7.77. The lowest BCUT2D eigenvalue weighted by Gasteiger charge is -2.25. The summed E-state index contributed by atoms with van der Waals surface area (Å²) in [6.07, 6.45) is -6.60. The van der Waals surface area contributed by atoms with Crippen molar-refractivity contribution in [1.29, 1.82) is 0 Å². The van der Waals surface area contributed by atoms with E-state index in [1.54, 1.807) is 0 Å². The van der Waals surface area contributed by atoms with Crippen molar-refractivity contribution in [2.24, 2.45) is 0 Å². The minimum absolute atomic E-state index is 0.445. The quantitative estimate of drug-likeness (QED) is 0.227. The Bertz CT molecular complexity index is 204. The molecule has 0 aromatic heterocycles. The summed E-state index contributed by atoms with van der Waals surface area (Å²) in [6, 6.07) is 0. The molecule has 0 bridgehead atoms. The summed E-state index contributed by atoms with van der Waals surface area (Å²) in [4.78, 5) is 0. The van der Waals surface area contributed by atoms with Crippen LogP contribution in [0, 0.1) is 0 Å². The number of aliphatic hydroxyl groups is 5. The van der Waals surface area contributed by atoms with Crippen LogP contribution in [-0.2, 0) is 11.3 Å². The molecule has 8 nitrogen and oxygen atoms in total. The van der Waals surface area contributed by atoms with Gasteiger partial charge in [-0.25, -0.2) is 8.93 Å². The number of rotatable bonds is 7. The summed E-state index contributed by atoms with van der Waals surface area (Å²) in [7, 11) is 0. The number of nitrogens with one attached hydrogen (secondary N) is 1. The molecule has 0 aliphatic carbocycles. The third-order valence-electron chi connectivity index (χ3n) is 1.74. The van der Waals surface area contributed by atoms with Crippen molar-refractivity contribution < 1.29 is 34.3 Å². The van der Waals surface area contributed by atoms with E-state index in [4.69, 9.17) is 19.9 Å². The Morgan fingerprint density at radius 2 is 1.53 bits per heavy atom. The summed E-state index contributed by atoms with van der Waals surface area (Å²) in [6.45, 7) is -1.22. The predicted molar refractivity (Wildman–Crippen MR) is 49.9 cm³/mol. The zero-order valence-electron chi connectivity index (χ0n) is 7.72. The average Bonchev–Trinajstić information content (AvgIpc) is 2.22. The van der Waals surface area contributed by atoms with Crippen molar-refractivity contribution >= 4 is 11.3 Å². The van der Waals surface area contributed by atoms with Gasteiger partial charge in [0.2, 0.25) is 11.3 Å². The average molecular weight is 245 g/mol. The highest BCUT2D eigenvalue weighted by atomic mass is 32.2. The van der Waals surface area contributed by atoms with Gasteiger partial charge in [0.15, 0.2) is 0 Å². The molecule has 15 heavy (non-hydrogen) atoms. The normalized spacial score (nSPS) is 21.7. The molecule has 0 aromatic rings. The Labute approximate surface area is 88.6 Å². The van der Waals surface area contributed by atoms with E-state index in [1.165, 1.54) is 0 Å². The molecule has 0 rings (SSSR count). The van der Waals surface area contributed by atoms with Crippen molar-refractivity contribution in [1.82, 2.24) is 4.72 Å². The Morgan fingerprint density at radius 1 is 1.07 bits per heavy atom. The maximum absolute atomic E-state index is 10.1. The number of hydrogen-bond acceptors (Lipinski definition) is 6. The topological polar surface area (TPSA) is 150 Å². The van der Waals surface area contributed by atoms with Gasteiger partial charge in [-0.2, -0.15) is 0 Å². The second-order valence-electron chi connectivity index (χ2n) is 2.90. The molecule has 0 saturated carbocycles. The van der Waals surface area contributed by atoms with Crippen LogP contribution in [0.3, 0.4) is 0 Å². The smallest absolute Gasteiger partial charge is 0.231 e. The van der Waals surface area contributed by atoms with Gasteiger partial charge >= 0.3 is 0 Å². The van der Waals surface area contributed by atoms with E-state index in [2.05, 4.69) is 0 Å². The fourth-order valence-corrected chi connectivity index (χ4v) is 1.15. The van der Waals surface area contributed by atoms with Crippen molar-refractivity contribution in [3.8, 4) is 0 Å². The molecule has 0 heterocycles. The highest BCUT2D eigenvalue weighted by Gasteiger charge is 2.29. The molecule has 92 valence electrons. The number of aliphatic hydroxyl groups excluding tert-OH is 5. The van der Waals surface area contributed by atoms with Crippen molar-refractivity contribution in [2.45, 2.75) is 24.4 Å². The van der Waals surface area contributed by atoms with Crippen molar-refractivity contribution in [2.75, 3.05) is 13.2 Å². The summed E-state index contributed by atoms with van der Waals surface area (Å²) in [5, 5.41) is 44.9. The SMILES string of the molecule is O=S(O)NCC(O)C(O)C(O)C(O)CO. The van der Waals surface area contributed by atoms with E-state index < -0.39 is 48.8 Å². The molecule has 0 saturated heterocycles. The van der Waals surface area contributed by atoms with Crippen LogP contribution in [0.15, 0.2) is 0 Å². The Balaban J connectivity index is 4.06. The molecule has 0 aliphatic rings. The van der Waals surface area contributed by atoms with Gasteiger partial charge in [0.1, 0.15) is 18.3 Å². The van der Waals surface area contributed by atoms with Gasteiger partial charge in [-0.1, -0.05) is 0 Å². The van der Waals surface area contributed by atoms with Crippen LogP contribution in [0.1, 0.15) is 0 Å². The van der Waals surface area contributed by atoms with E-state index >= 15 is 0 Å². The lowest BCUT2D eigenvalue weighted by Crippen LogP contribution is -2.49. The van der Waals surface area contributed by atoms with Gasteiger partial charge in [0.25, 0.3) is 0 Å². The third-order valence-corrected chi connectivity index (χ3v) is 2.15. The lowest BCUT2D eigenvalue weighted by atomic mass is 10.0. The highest BCUT2D eigenvalue weighted by Crippen LogP contribution is 2.04. The first-order valence-electron chi connectivity index (χ1n) is 4.07. The maximum atomic E-state index is 10.1. The minimum Gasteiger partial charge on any atom is -0.394 e. The van der Waals surface area contributed by atoms with Crippen LogP contribution in [0.25, 0.3) is 0 Å². The maximum Gasteiger partial charge on any atom is 0.231 e. The van der Waals surface area contributed by atoms with Gasteiger partial charge in [-0.05, 0) is 0 Å². The summed E-state index contributed by atoms with van der Waals surface area (Å²) >= 11 is -2.34. The minimum atomic E-state index is -2.34. The molecule has 5 atom stereocenters. The Hall–Kier alpha value is -0.130. The molecule has 7 N–H and O–H groups in total. The lowest BCUT2D eigenvalue weighted by molar-refractivity contribution is -0.113. The molecular formula is C6H15NO7S. The zero-order valence-corrected chi connectivity index (χ0v) is 8.54. The fraction of sp³-hybridized carbons (Fsp3) is 1.00. The standard InChI is InChI=1S/C6H15NO7S/c8-2-4(10)6(12)5(11)3(9)1-7-15(13)14/h3-12H,1-2H2,(H,13,14). The Morgan fingerprint density at radius 3 is 1.93 bits per heavy atom. The van der Waals surface area contributed by atoms with Crippen LogP contribution < -0.4 is 4.72 Å². The largest absolute Gasteiger partial charge is 0.394 e. The molecule has 0 fully saturated rings.